The Balaban J connectivity index is 2.15. The van der Waals surface area contributed by atoms with Crippen LogP contribution >= 0.6 is 0 Å². The highest BCUT2D eigenvalue weighted by molar-refractivity contribution is 5.56. The summed E-state index contributed by atoms with van der Waals surface area (Å²) in [5.74, 6) is 0.699. The number of nitrogens with zero attached hydrogens (tertiary/aromatic N) is 3. The minimum Gasteiger partial charge on any atom is -0.330 e. The molecule has 2 aromatic rings. The second-order valence-corrected chi connectivity index (χ2v) is 4.51. The van der Waals surface area contributed by atoms with E-state index in [0.29, 0.717) is 12.5 Å². The van der Waals surface area contributed by atoms with Gasteiger partial charge < -0.3 is 10.6 Å². The zero-order chi connectivity index (χ0) is 13.7. The van der Waals surface area contributed by atoms with Crippen LogP contribution in [0.15, 0.2) is 36.7 Å². The highest BCUT2D eigenvalue weighted by atomic mass is 15.2. The lowest BCUT2D eigenvalue weighted by Gasteiger charge is -2.17. The van der Waals surface area contributed by atoms with E-state index in [-0.39, 0.29) is 0 Å². The molecular weight excluding hydrogens is 236 g/mol. The molecule has 4 heteroatoms. The number of benzene rings is 1. The molecule has 0 unspecified atom stereocenters. The first-order chi connectivity index (χ1) is 9.24. The van der Waals surface area contributed by atoms with Gasteiger partial charge in [-0.3, -0.25) is 0 Å². The van der Waals surface area contributed by atoms with Crippen LogP contribution in [0, 0.1) is 0 Å². The molecule has 0 aliphatic heterocycles. The van der Waals surface area contributed by atoms with Crippen molar-refractivity contribution in [3.05, 3.63) is 47.8 Å². The standard InChI is InChI=1S/C15H20N4/c1-3-12-4-6-14(7-5-12)19(2)15-17-10-13(8-9-16)11-18-15/h4-7,10-11H,3,8-9,16H2,1-2H3. The van der Waals surface area contributed by atoms with E-state index in [1.165, 1.54) is 5.56 Å². The van der Waals surface area contributed by atoms with Crippen LogP contribution < -0.4 is 10.6 Å². The molecule has 1 aromatic carbocycles. The molecule has 1 heterocycles. The van der Waals surface area contributed by atoms with Crippen LogP contribution in [-0.4, -0.2) is 23.6 Å². The first kappa shape index (κ1) is 13.5. The van der Waals surface area contributed by atoms with Crippen molar-refractivity contribution in [3.8, 4) is 0 Å². The van der Waals surface area contributed by atoms with Crippen LogP contribution in [0.3, 0.4) is 0 Å². The van der Waals surface area contributed by atoms with Crippen LogP contribution in [-0.2, 0) is 12.8 Å². The Kier molecular flexibility index (Phi) is 4.47. The fourth-order valence-corrected chi connectivity index (χ4v) is 1.89. The van der Waals surface area contributed by atoms with E-state index in [1.807, 2.05) is 24.3 Å². The third-order valence-electron chi connectivity index (χ3n) is 3.16. The zero-order valence-electron chi connectivity index (χ0n) is 11.5. The molecule has 0 fully saturated rings. The van der Waals surface area contributed by atoms with Crippen LogP contribution in [0.25, 0.3) is 0 Å². The highest BCUT2D eigenvalue weighted by Crippen LogP contribution is 2.20. The van der Waals surface area contributed by atoms with Crippen molar-refractivity contribution in [1.29, 1.82) is 0 Å². The SMILES string of the molecule is CCc1ccc(N(C)c2ncc(CCN)cn2)cc1. The fraction of sp³-hybridized carbons (Fsp3) is 0.333. The van der Waals surface area contributed by atoms with E-state index in [0.717, 1.165) is 24.1 Å². The molecule has 0 radical (unpaired) electrons. The van der Waals surface area contributed by atoms with E-state index >= 15 is 0 Å². The third kappa shape index (κ3) is 3.29. The van der Waals surface area contributed by atoms with E-state index in [2.05, 4.69) is 41.2 Å². The molecule has 0 amide bonds. The van der Waals surface area contributed by atoms with Gasteiger partial charge in [0.05, 0.1) is 0 Å². The van der Waals surface area contributed by atoms with Crippen molar-refractivity contribution in [1.82, 2.24) is 9.97 Å². The summed E-state index contributed by atoms with van der Waals surface area (Å²) in [7, 11) is 1.97. The number of aromatic nitrogens is 2. The van der Waals surface area contributed by atoms with Gasteiger partial charge in [0.15, 0.2) is 0 Å². The molecule has 0 spiro atoms. The van der Waals surface area contributed by atoms with Crippen LogP contribution in [0.1, 0.15) is 18.1 Å². The van der Waals surface area contributed by atoms with Crippen LogP contribution in [0.2, 0.25) is 0 Å². The number of hydrogen-bond acceptors (Lipinski definition) is 4. The Hall–Kier alpha value is -1.94. The van der Waals surface area contributed by atoms with Gasteiger partial charge in [-0.2, -0.15) is 0 Å². The summed E-state index contributed by atoms with van der Waals surface area (Å²) in [6.45, 7) is 2.77. The fourth-order valence-electron chi connectivity index (χ4n) is 1.89. The maximum atomic E-state index is 5.51. The van der Waals surface area contributed by atoms with Gasteiger partial charge in [0.2, 0.25) is 5.95 Å². The molecular formula is C15H20N4. The largest absolute Gasteiger partial charge is 0.330 e. The third-order valence-corrected chi connectivity index (χ3v) is 3.16. The number of aryl methyl sites for hydroxylation is 1. The lowest BCUT2D eigenvalue weighted by molar-refractivity contribution is 0.931. The molecule has 19 heavy (non-hydrogen) atoms. The number of rotatable bonds is 5. The molecule has 0 bridgehead atoms. The Morgan fingerprint density at radius 1 is 1.05 bits per heavy atom. The lowest BCUT2D eigenvalue weighted by atomic mass is 10.1. The molecule has 0 atom stereocenters. The average Bonchev–Trinajstić information content (AvgIpc) is 2.48. The smallest absolute Gasteiger partial charge is 0.229 e. The predicted molar refractivity (Wildman–Crippen MR) is 78.7 cm³/mol. The summed E-state index contributed by atoms with van der Waals surface area (Å²) in [5.41, 5.74) is 9.00. The summed E-state index contributed by atoms with van der Waals surface area (Å²) in [6, 6.07) is 8.45. The zero-order valence-corrected chi connectivity index (χ0v) is 11.5. The van der Waals surface area contributed by atoms with E-state index in [1.54, 1.807) is 0 Å². The van der Waals surface area contributed by atoms with Crippen molar-refractivity contribution in [2.75, 3.05) is 18.5 Å². The Labute approximate surface area is 114 Å². The molecule has 0 aliphatic carbocycles. The maximum absolute atomic E-state index is 5.51. The minimum absolute atomic E-state index is 0.622. The van der Waals surface area contributed by atoms with Gasteiger partial charge in [0, 0.05) is 25.1 Å². The molecule has 2 N–H and O–H groups in total. The summed E-state index contributed by atoms with van der Waals surface area (Å²) in [5, 5.41) is 0. The van der Waals surface area contributed by atoms with Gasteiger partial charge in [-0.1, -0.05) is 19.1 Å². The van der Waals surface area contributed by atoms with Crippen molar-refractivity contribution in [2.45, 2.75) is 19.8 Å². The monoisotopic (exact) mass is 256 g/mol. The van der Waals surface area contributed by atoms with Crippen molar-refractivity contribution >= 4 is 11.6 Å². The topological polar surface area (TPSA) is 55.0 Å². The summed E-state index contributed by atoms with van der Waals surface area (Å²) >= 11 is 0. The number of nitrogens with two attached hydrogens (primary N) is 1. The summed E-state index contributed by atoms with van der Waals surface area (Å²) < 4.78 is 0. The van der Waals surface area contributed by atoms with Crippen molar-refractivity contribution in [3.63, 3.8) is 0 Å². The molecule has 100 valence electrons. The van der Waals surface area contributed by atoms with Crippen molar-refractivity contribution in [2.24, 2.45) is 5.73 Å². The Bertz CT molecular complexity index is 505. The van der Waals surface area contributed by atoms with Gasteiger partial charge in [-0.05, 0) is 42.6 Å². The van der Waals surface area contributed by atoms with Crippen LogP contribution in [0.5, 0.6) is 0 Å². The first-order valence-corrected chi connectivity index (χ1v) is 6.58. The normalized spacial score (nSPS) is 10.5. The molecule has 2 rings (SSSR count). The van der Waals surface area contributed by atoms with Gasteiger partial charge >= 0.3 is 0 Å². The van der Waals surface area contributed by atoms with E-state index in [4.69, 9.17) is 5.73 Å². The first-order valence-electron chi connectivity index (χ1n) is 6.58. The maximum Gasteiger partial charge on any atom is 0.229 e. The number of hydrogen-bond donors (Lipinski definition) is 1. The number of anilines is 2. The molecule has 1 aromatic heterocycles. The van der Waals surface area contributed by atoms with Gasteiger partial charge in [-0.25, -0.2) is 9.97 Å². The van der Waals surface area contributed by atoms with E-state index in [9.17, 15) is 0 Å². The minimum atomic E-state index is 0.622. The molecule has 0 aliphatic rings. The van der Waals surface area contributed by atoms with E-state index < -0.39 is 0 Å². The second kappa shape index (κ2) is 6.29. The Morgan fingerprint density at radius 2 is 1.68 bits per heavy atom. The summed E-state index contributed by atoms with van der Waals surface area (Å²) in [6.07, 6.45) is 5.54. The molecule has 0 saturated carbocycles. The highest BCUT2D eigenvalue weighted by Gasteiger charge is 2.06. The van der Waals surface area contributed by atoms with Gasteiger partial charge in [-0.15, -0.1) is 0 Å². The lowest BCUT2D eigenvalue weighted by Crippen LogP contribution is -2.13. The molecule has 0 saturated heterocycles. The van der Waals surface area contributed by atoms with Gasteiger partial charge in [0.1, 0.15) is 0 Å². The molecule has 4 nitrogen and oxygen atoms in total. The predicted octanol–water partition coefficient (Wildman–Crippen LogP) is 2.31. The quantitative estimate of drug-likeness (QED) is 0.892. The Morgan fingerprint density at radius 3 is 2.21 bits per heavy atom. The van der Waals surface area contributed by atoms with Gasteiger partial charge in [0.25, 0.3) is 0 Å². The second-order valence-electron chi connectivity index (χ2n) is 4.51. The van der Waals surface area contributed by atoms with Crippen molar-refractivity contribution < 1.29 is 0 Å². The summed E-state index contributed by atoms with van der Waals surface area (Å²) in [4.78, 5) is 10.7. The average molecular weight is 256 g/mol. The van der Waals surface area contributed by atoms with Crippen LogP contribution in [0.4, 0.5) is 11.6 Å².